The minimum atomic E-state index is -0.222. The van der Waals surface area contributed by atoms with E-state index in [4.69, 9.17) is 12.2 Å². The van der Waals surface area contributed by atoms with Crippen molar-refractivity contribution in [2.24, 2.45) is 0 Å². The van der Waals surface area contributed by atoms with Crippen molar-refractivity contribution in [2.45, 2.75) is 44.3 Å². The molecule has 0 unspecified atom stereocenters. The predicted molar refractivity (Wildman–Crippen MR) is 91.9 cm³/mol. The molecular weight excluding hydrogens is 316 g/mol. The summed E-state index contributed by atoms with van der Waals surface area (Å²) in [6.07, 6.45) is 8.22. The van der Waals surface area contributed by atoms with Crippen LogP contribution in [0.3, 0.4) is 0 Å². The average molecular weight is 336 g/mol. The van der Waals surface area contributed by atoms with Gasteiger partial charge in [-0.3, -0.25) is 14.5 Å². The average Bonchev–Trinajstić information content (AvgIpc) is 2.52. The molecule has 0 atom stereocenters. The van der Waals surface area contributed by atoms with Gasteiger partial charge in [0.15, 0.2) is 5.16 Å². The molecule has 0 aliphatic heterocycles. The summed E-state index contributed by atoms with van der Waals surface area (Å²) in [5.41, 5.74) is 0.700. The minimum absolute atomic E-state index is 0.222. The van der Waals surface area contributed by atoms with Crippen molar-refractivity contribution < 1.29 is 0 Å². The number of hydrogen-bond donors (Lipinski definition) is 1. The smallest absolute Gasteiger partial charge is 0.286 e. The maximum Gasteiger partial charge on any atom is 0.330 e. The summed E-state index contributed by atoms with van der Waals surface area (Å²) in [4.78, 5) is 23.3. The third-order valence-electron chi connectivity index (χ3n) is 3.19. The number of pyridine rings is 1. The molecule has 0 aliphatic carbocycles. The normalized spacial score (nSPS) is 10.8. The molecule has 2 aromatic rings. The van der Waals surface area contributed by atoms with Crippen LogP contribution in [-0.2, 0) is 6.54 Å². The SMILES string of the molecule is CCCCCCSc1nc(=S)n(Cc2cccnc2)c(=O)[nH]1. The third-order valence-corrected chi connectivity index (χ3v) is 4.46. The Morgan fingerprint density at radius 3 is 2.91 bits per heavy atom. The van der Waals surface area contributed by atoms with Gasteiger partial charge >= 0.3 is 5.69 Å². The highest BCUT2D eigenvalue weighted by molar-refractivity contribution is 7.99. The third kappa shape index (κ3) is 5.06. The van der Waals surface area contributed by atoms with Crippen LogP contribution in [0.5, 0.6) is 0 Å². The summed E-state index contributed by atoms with van der Waals surface area (Å²) in [6.45, 7) is 2.57. The lowest BCUT2D eigenvalue weighted by atomic mass is 10.2. The number of nitrogens with one attached hydrogen (secondary N) is 1. The van der Waals surface area contributed by atoms with Crippen molar-refractivity contribution >= 4 is 24.0 Å². The second-order valence-corrected chi connectivity index (χ2v) is 6.43. The minimum Gasteiger partial charge on any atom is -0.286 e. The highest BCUT2D eigenvalue weighted by atomic mass is 32.2. The zero-order valence-electron chi connectivity index (χ0n) is 12.6. The molecule has 0 radical (unpaired) electrons. The fraction of sp³-hybridized carbons (Fsp3) is 0.467. The molecule has 2 rings (SSSR count). The molecule has 1 N–H and O–H groups in total. The number of unbranched alkanes of at least 4 members (excludes halogenated alkanes) is 3. The summed E-state index contributed by atoms with van der Waals surface area (Å²) < 4.78 is 1.76. The lowest BCUT2D eigenvalue weighted by Crippen LogP contribution is -2.26. The monoisotopic (exact) mass is 336 g/mol. The van der Waals surface area contributed by atoms with Gasteiger partial charge in [0.2, 0.25) is 4.77 Å². The fourth-order valence-corrected chi connectivity index (χ4v) is 3.15. The van der Waals surface area contributed by atoms with Gasteiger partial charge in [-0.05, 0) is 30.3 Å². The largest absolute Gasteiger partial charge is 0.330 e. The van der Waals surface area contributed by atoms with E-state index in [1.54, 1.807) is 24.2 Å². The molecule has 0 amide bonds. The second kappa shape index (κ2) is 8.85. The van der Waals surface area contributed by atoms with Crippen molar-refractivity contribution in [2.75, 3.05) is 5.75 Å². The lowest BCUT2D eigenvalue weighted by Gasteiger charge is -2.07. The molecule has 0 aromatic carbocycles. The Morgan fingerprint density at radius 2 is 2.23 bits per heavy atom. The number of aromatic nitrogens is 4. The molecule has 0 fully saturated rings. The number of H-pyrrole nitrogens is 1. The molecule has 0 saturated carbocycles. The quantitative estimate of drug-likeness (QED) is 0.455. The zero-order chi connectivity index (χ0) is 15.8. The van der Waals surface area contributed by atoms with Gasteiger partial charge in [-0.2, -0.15) is 4.98 Å². The summed E-state index contributed by atoms with van der Waals surface area (Å²) >= 11 is 6.80. The first kappa shape index (κ1) is 16.9. The topological polar surface area (TPSA) is 63.6 Å². The van der Waals surface area contributed by atoms with E-state index in [1.165, 1.54) is 23.8 Å². The molecule has 5 nitrogen and oxygen atoms in total. The number of hydrogen-bond acceptors (Lipinski definition) is 5. The van der Waals surface area contributed by atoms with Crippen molar-refractivity contribution in [1.82, 2.24) is 19.5 Å². The highest BCUT2D eigenvalue weighted by Gasteiger charge is 2.05. The Bertz CT molecular complexity index is 665. The molecule has 7 heteroatoms. The Balaban J connectivity index is 2.02. The predicted octanol–water partition coefficient (Wildman–Crippen LogP) is 3.42. The highest BCUT2D eigenvalue weighted by Crippen LogP contribution is 2.14. The van der Waals surface area contributed by atoms with Crippen molar-refractivity contribution in [3.63, 3.8) is 0 Å². The van der Waals surface area contributed by atoms with Gasteiger partial charge in [0.25, 0.3) is 0 Å². The van der Waals surface area contributed by atoms with Crippen LogP contribution in [0.4, 0.5) is 0 Å². The van der Waals surface area contributed by atoms with Crippen LogP contribution in [0.25, 0.3) is 0 Å². The molecule has 118 valence electrons. The van der Waals surface area contributed by atoms with Gasteiger partial charge < -0.3 is 0 Å². The van der Waals surface area contributed by atoms with E-state index in [0.717, 1.165) is 17.7 Å². The van der Waals surface area contributed by atoms with Crippen LogP contribution >= 0.6 is 24.0 Å². The van der Waals surface area contributed by atoms with E-state index < -0.39 is 0 Å². The van der Waals surface area contributed by atoms with Crippen molar-refractivity contribution in [3.8, 4) is 0 Å². The van der Waals surface area contributed by atoms with E-state index in [1.807, 2.05) is 12.1 Å². The van der Waals surface area contributed by atoms with E-state index in [0.29, 0.717) is 16.5 Å². The summed E-state index contributed by atoms with van der Waals surface area (Å²) in [5, 5.41) is 0.605. The maximum absolute atomic E-state index is 12.2. The van der Waals surface area contributed by atoms with Gasteiger partial charge in [0.05, 0.1) is 6.54 Å². The summed E-state index contributed by atoms with van der Waals surface area (Å²) in [5.74, 6) is 0.949. The number of rotatable bonds is 8. The molecule has 0 spiro atoms. The molecule has 2 heterocycles. The van der Waals surface area contributed by atoms with Crippen molar-refractivity contribution in [3.05, 3.63) is 45.3 Å². The summed E-state index contributed by atoms with van der Waals surface area (Å²) in [7, 11) is 0. The fourth-order valence-electron chi connectivity index (χ4n) is 2.00. The van der Waals surface area contributed by atoms with E-state index in [-0.39, 0.29) is 5.69 Å². The first-order chi connectivity index (χ1) is 10.7. The Labute approximate surface area is 139 Å². The van der Waals surface area contributed by atoms with Crippen molar-refractivity contribution in [1.29, 1.82) is 0 Å². The lowest BCUT2D eigenvalue weighted by molar-refractivity contribution is 0.651. The second-order valence-electron chi connectivity index (χ2n) is 4.99. The van der Waals surface area contributed by atoms with Crippen LogP contribution in [0.1, 0.15) is 38.2 Å². The molecule has 22 heavy (non-hydrogen) atoms. The zero-order valence-corrected chi connectivity index (χ0v) is 14.3. The van der Waals surface area contributed by atoms with Gasteiger partial charge in [-0.15, -0.1) is 0 Å². The molecule has 2 aromatic heterocycles. The Hall–Kier alpha value is -1.47. The van der Waals surface area contributed by atoms with E-state index in [2.05, 4.69) is 21.9 Å². The Kier molecular flexibility index (Phi) is 6.79. The standard InChI is InChI=1S/C15H20N4OS2/c1-2-3-4-5-9-22-13-17-14(20)19(15(21)18-13)11-12-7-6-8-16-10-12/h6-8,10H,2-5,9,11H2,1H3,(H,17,18,20,21). The van der Waals surface area contributed by atoms with E-state index >= 15 is 0 Å². The van der Waals surface area contributed by atoms with Crippen LogP contribution in [0.2, 0.25) is 0 Å². The van der Waals surface area contributed by atoms with Crippen LogP contribution in [-0.4, -0.2) is 25.3 Å². The first-order valence-electron chi connectivity index (χ1n) is 7.43. The Morgan fingerprint density at radius 1 is 1.36 bits per heavy atom. The van der Waals surface area contributed by atoms with Crippen LogP contribution in [0.15, 0.2) is 34.5 Å². The number of aromatic amines is 1. The maximum atomic E-state index is 12.2. The first-order valence-corrected chi connectivity index (χ1v) is 8.83. The van der Waals surface area contributed by atoms with Crippen LogP contribution < -0.4 is 5.69 Å². The molecular formula is C15H20N4OS2. The number of nitrogens with zero attached hydrogens (tertiary/aromatic N) is 3. The summed E-state index contributed by atoms with van der Waals surface area (Å²) in [6, 6.07) is 3.74. The van der Waals surface area contributed by atoms with Gasteiger partial charge in [-0.25, -0.2) is 4.79 Å². The molecule has 0 bridgehead atoms. The molecule has 0 aliphatic rings. The van der Waals surface area contributed by atoms with Gasteiger partial charge in [-0.1, -0.05) is 44.0 Å². The van der Waals surface area contributed by atoms with Gasteiger partial charge in [0, 0.05) is 18.1 Å². The van der Waals surface area contributed by atoms with Gasteiger partial charge in [0.1, 0.15) is 0 Å². The molecule has 0 saturated heterocycles. The van der Waals surface area contributed by atoms with Crippen LogP contribution in [0, 0.1) is 4.77 Å². The number of thioether (sulfide) groups is 1. The van der Waals surface area contributed by atoms with E-state index in [9.17, 15) is 4.79 Å².